The van der Waals surface area contributed by atoms with Crippen LogP contribution < -0.4 is 15.4 Å². The molecule has 2 aliphatic rings. The van der Waals surface area contributed by atoms with Crippen molar-refractivity contribution in [3.05, 3.63) is 23.3 Å². The second-order valence-electron chi connectivity index (χ2n) is 6.34. The van der Waals surface area contributed by atoms with E-state index in [0.717, 1.165) is 44.2 Å². The van der Waals surface area contributed by atoms with E-state index in [-0.39, 0.29) is 6.03 Å². The lowest BCUT2D eigenvalue weighted by atomic mass is 9.78. The summed E-state index contributed by atoms with van der Waals surface area (Å²) in [7, 11) is 1.62. The molecule has 0 heterocycles. The van der Waals surface area contributed by atoms with E-state index in [1.54, 1.807) is 7.11 Å². The van der Waals surface area contributed by atoms with Gasteiger partial charge in [-0.3, -0.25) is 0 Å². The summed E-state index contributed by atoms with van der Waals surface area (Å²) in [5.41, 5.74) is 2.71. The highest BCUT2D eigenvalue weighted by atomic mass is 16.5. The van der Waals surface area contributed by atoms with E-state index in [4.69, 9.17) is 4.74 Å². The molecule has 1 aromatic rings. The predicted octanol–water partition coefficient (Wildman–Crippen LogP) is 2.61. The molecule has 1 fully saturated rings. The van der Waals surface area contributed by atoms with Crippen LogP contribution >= 0.6 is 0 Å². The summed E-state index contributed by atoms with van der Waals surface area (Å²) < 4.78 is 5.37. The van der Waals surface area contributed by atoms with Gasteiger partial charge in [0.1, 0.15) is 5.75 Å². The van der Waals surface area contributed by atoms with Crippen LogP contribution in [-0.2, 0) is 12.8 Å². The van der Waals surface area contributed by atoms with Crippen molar-refractivity contribution in [3.8, 4) is 5.75 Å². The zero-order valence-electron chi connectivity index (χ0n) is 13.1. The first-order valence-corrected chi connectivity index (χ1v) is 8.07. The normalized spacial score (nSPS) is 18.3. The number of carbonyl (C=O) groups is 1. The van der Waals surface area contributed by atoms with Crippen LogP contribution in [0.5, 0.6) is 5.75 Å². The van der Waals surface area contributed by atoms with Gasteiger partial charge in [-0.25, -0.2) is 4.79 Å². The van der Waals surface area contributed by atoms with E-state index in [1.165, 1.54) is 11.1 Å². The van der Waals surface area contributed by atoms with Gasteiger partial charge in [0, 0.05) is 6.54 Å². The Labute approximate surface area is 131 Å². The minimum atomic E-state index is -0.557. The zero-order chi connectivity index (χ0) is 15.6. The Balaban J connectivity index is 1.60. The monoisotopic (exact) mass is 304 g/mol. The molecule has 0 aromatic heterocycles. The van der Waals surface area contributed by atoms with E-state index in [2.05, 4.69) is 16.7 Å². The highest BCUT2D eigenvalue weighted by Crippen LogP contribution is 2.36. The number of carbonyl (C=O) groups excluding carboxylic acids is 1. The summed E-state index contributed by atoms with van der Waals surface area (Å²) in [6, 6.07) is 3.76. The van der Waals surface area contributed by atoms with Crippen molar-refractivity contribution in [2.75, 3.05) is 19.0 Å². The van der Waals surface area contributed by atoms with Crippen LogP contribution in [0.25, 0.3) is 0 Å². The van der Waals surface area contributed by atoms with Crippen LogP contribution in [0.3, 0.4) is 0 Å². The Morgan fingerprint density at radius 1 is 1.32 bits per heavy atom. The SMILES string of the molecule is COc1ccc2c(c1NC(=O)NCCC1(O)CCC1)CCC2. The van der Waals surface area contributed by atoms with Gasteiger partial charge in [-0.05, 0) is 62.1 Å². The van der Waals surface area contributed by atoms with E-state index < -0.39 is 5.60 Å². The Morgan fingerprint density at radius 3 is 2.82 bits per heavy atom. The smallest absolute Gasteiger partial charge is 0.319 e. The first-order chi connectivity index (χ1) is 10.6. The number of ether oxygens (including phenoxy) is 1. The maximum atomic E-state index is 12.1. The number of nitrogens with one attached hydrogen (secondary N) is 2. The first kappa shape index (κ1) is 15.2. The molecule has 22 heavy (non-hydrogen) atoms. The Hall–Kier alpha value is -1.75. The fourth-order valence-corrected chi connectivity index (χ4v) is 3.35. The number of anilines is 1. The average Bonchev–Trinajstić information content (AvgIpc) is 2.94. The van der Waals surface area contributed by atoms with Crippen LogP contribution in [0.1, 0.15) is 43.2 Å². The molecule has 0 spiro atoms. The van der Waals surface area contributed by atoms with Gasteiger partial charge in [-0.1, -0.05) is 6.07 Å². The summed E-state index contributed by atoms with van der Waals surface area (Å²) >= 11 is 0. The minimum absolute atomic E-state index is 0.235. The van der Waals surface area contributed by atoms with Crippen molar-refractivity contribution in [2.24, 2.45) is 0 Å². The number of rotatable bonds is 5. The second kappa shape index (κ2) is 6.16. The van der Waals surface area contributed by atoms with Crippen molar-refractivity contribution in [1.29, 1.82) is 0 Å². The molecule has 2 amide bonds. The molecule has 3 rings (SSSR count). The number of urea groups is 1. The van der Waals surface area contributed by atoms with Gasteiger partial charge in [0.2, 0.25) is 0 Å². The third kappa shape index (κ3) is 3.04. The van der Waals surface area contributed by atoms with Crippen LogP contribution in [0.2, 0.25) is 0 Å². The summed E-state index contributed by atoms with van der Waals surface area (Å²) in [4.78, 5) is 12.1. The summed E-state index contributed by atoms with van der Waals surface area (Å²) in [6.45, 7) is 0.486. The molecule has 3 N–H and O–H groups in total. The molecule has 0 unspecified atom stereocenters. The first-order valence-electron chi connectivity index (χ1n) is 8.07. The van der Waals surface area contributed by atoms with Crippen LogP contribution in [-0.4, -0.2) is 30.4 Å². The molecular formula is C17H24N2O3. The van der Waals surface area contributed by atoms with Crippen LogP contribution in [0, 0.1) is 0 Å². The molecule has 0 atom stereocenters. The number of methoxy groups -OCH3 is 1. The topological polar surface area (TPSA) is 70.6 Å². The Morgan fingerprint density at radius 2 is 2.14 bits per heavy atom. The third-order valence-corrected chi connectivity index (χ3v) is 4.86. The number of benzene rings is 1. The summed E-state index contributed by atoms with van der Waals surface area (Å²) in [6.07, 6.45) is 6.53. The van der Waals surface area contributed by atoms with E-state index in [1.807, 2.05) is 6.07 Å². The van der Waals surface area contributed by atoms with Gasteiger partial charge in [-0.15, -0.1) is 0 Å². The van der Waals surface area contributed by atoms with Gasteiger partial charge in [0.05, 0.1) is 18.4 Å². The summed E-state index contributed by atoms with van der Waals surface area (Å²) in [5, 5.41) is 15.8. The summed E-state index contributed by atoms with van der Waals surface area (Å²) in [5.74, 6) is 0.702. The van der Waals surface area contributed by atoms with Gasteiger partial charge >= 0.3 is 6.03 Å². The maximum Gasteiger partial charge on any atom is 0.319 e. The lowest BCUT2D eigenvalue weighted by Crippen LogP contribution is -2.41. The Bertz CT molecular complexity index is 567. The molecule has 5 nitrogen and oxygen atoms in total. The minimum Gasteiger partial charge on any atom is -0.495 e. The van der Waals surface area contributed by atoms with Crippen molar-refractivity contribution in [3.63, 3.8) is 0 Å². The molecule has 120 valence electrons. The molecule has 0 radical (unpaired) electrons. The fraction of sp³-hybridized carbons (Fsp3) is 0.588. The average molecular weight is 304 g/mol. The third-order valence-electron chi connectivity index (χ3n) is 4.86. The lowest BCUT2D eigenvalue weighted by Gasteiger charge is -2.36. The fourth-order valence-electron chi connectivity index (χ4n) is 3.35. The van der Waals surface area contributed by atoms with Crippen molar-refractivity contribution >= 4 is 11.7 Å². The molecule has 5 heteroatoms. The Kier molecular flexibility index (Phi) is 4.25. The molecule has 0 saturated heterocycles. The number of amides is 2. The largest absolute Gasteiger partial charge is 0.495 e. The standard InChI is InChI=1S/C17H24N2O3/c1-22-14-7-6-12-4-2-5-13(12)15(14)19-16(20)18-11-10-17(21)8-3-9-17/h6-7,21H,2-5,8-11H2,1H3,(H2,18,19,20). The highest BCUT2D eigenvalue weighted by molar-refractivity contribution is 5.92. The highest BCUT2D eigenvalue weighted by Gasteiger charge is 2.33. The molecular weight excluding hydrogens is 280 g/mol. The molecule has 1 aromatic carbocycles. The molecule has 0 bridgehead atoms. The number of aliphatic hydroxyl groups is 1. The van der Waals surface area contributed by atoms with Gasteiger partial charge < -0.3 is 20.5 Å². The van der Waals surface area contributed by atoms with E-state index in [0.29, 0.717) is 18.7 Å². The molecule has 0 aliphatic heterocycles. The number of hydrogen-bond donors (Lipinski definition) is 3. The second-order valence-corrected chi connectivity index (χ2v) is 6.34. The van der Waals surface area contributed by atoms with Crippen LogP contribution in [0.15, 0.2) is 12.1 Å². The van der Waals surface area contributed by atoms with Gasteiger partial charge in [0.15, 0.2) is 0 Å². The molecule has 2 aliphatic carbocycles. The van der Waals surface area contributed by atoms with Crippen LogP contribution in [0.4, 0.5) is 10.5 Å². The molecule has 1 saturated carbocycles. The quantitative estimate of drug-likeness (QED) is 0.783. The van der Waals surface area contributed by atoms with Gasteiger partial charge in [-0.2, -0.15) is 0 Å². The zero-order valence-corrected chi connectivity index (χ0v) is 13.1. The van der Waals surface area contributed by atoms with Crippen molar-refractivity contribution < 1.29 is 14.6 Å². The number of aryl methyl sites for hydroxylation is 1. The lowest BCUT2D eigenvalue weighted by molar-refractivity contribution is -0.0388. The van der Waals surface area contributed by atoms with Crippen molar-refractivity contribution in [1.82, 2.24) is 5.32 Å². The number of hydrogen-bond acceptors (Lipinski definition) is 3. The number of fused-ring (bicyclic) bond motifs is 1. The van der Waals surface area contributed by atoms with Crippen molar-refractivity contribution in [2.45, 2.75) is 50.5 Å². The van der Waals surface area contributed by atoms with Gasteiger partial charge in [0.25, 0.3) is 0 Å². The van der Waals surface area contributed by atoms with E-state index in [9.17, 15) is 9.90 Å². The maximum absolute atomic E-state index is 12.1. The van der Waals surface area contributed by atoms with E-state index >= 15 is 0 Å². The predicted molar refractivity (Wildman–Crippen MR) is 85.5 cm³/mol.